The molecule has 2 nitrogen and oxygen atoms in total. The average molecular weight is 328 g/mol. The Bertz CT molecular complexity index is 783. The summed E-state index contributed by atoms with van der Waals surface area (Å²) < 4.78 is 3.15. The Morgan fingerprint density at radius 2 is 1.90 bits per heavy atom. The largest absolute Gasteiger partial charge is 0.360 e. The molecule has 0 spiro atoms. The number of hydrogen-bond donors (Lipinski definition) is 1. The summed E-state index contributed by atoms with van der Waals surface area (Å²) in [5.74, 6) is 0. The minimum absolute atomic E-state index is 1.11. The highest BCUT2D eigenvalue weighted by atomic mass is 79.9. The quantitative estimate of drug-likeness (QED) is 0.679. The maximum Gasteiger partial charge on any atom is 0.169 e. The van der Waals surface area contributed by atoms with Crippen LogP contribution in [0.5, 0.6) is 0 Å². The van der Waals surface area contributed by atoms with Crippen LogP contribution in [0.4, 0.5) is 0 Å². The number of nitrogens with one attached hydrogen (secondary N) is 1. The maximum absolute atomic E-state index is 3.57. The van der Waals surface area contributed by atoms with Crippen LogP contribution in [0.25, 0.3) is 23.1 Å². The van der Waals surface area contributed by atoms with Crippen molar-refractivity contribution < 1.29 is 4.57 Å². The van der Waals surface area contributed by atoms with Gasteiger partial charge in [0.15, 0.2) is 12.4 Å². The summed E-state index contributed by atoms with van der Waals surface area (Å²) in [5.41, 5.74) is 4.86. The fraction of sp³-hybridized carbons (Fsp3) is 0.118. The smallest absolute Gasteiger partial charge is 0.169 e. The topological polar surface area (TPSA) is 19.7 Å². The Labute approximate surface area is 126 Å². The Kier molecular flexibility index (Phi) is 3.45. The fourth-order valence-corrected chi connectivity index (χ4v) is 2.91. The summed E-state index contributed by atoms with van der Waals surface area (Å²) in [7, 11) is 2.02. The standard InChI is InChI=1S/C17H15BrN2/c1-12-9-15(18)10-16-14(11-19-17(12)16)4-3-13-5-7-20(2)8-6-13/h3-11H,1-2H3/p+1. The van der Waals surface area contributed by atoms with Gasteiger partial charge in [-0.15, -0.1) is 0 Å². The van der Waals surface area contributed by atoms with Gasteiger partial charge in [0.05, 0.1) is 0 Å². The maximum atomic E-state index is 3.57. The molecule has 3 heteroatoms. The third kappa shape index (κ3) is 2.54. The number of benzene rings is 1. The van der Waals surface area contributed by atoms with E-state index >= 15 is 0 Å². The summed E-state index contributed by atoms with van der Waals surface area (Å²) in [5, 5.41) is 1.25. The van der Waals surface area contributed by atoms with Gasteiger partial charge in [0.2, 0.25) is 0 Å². The van der Waals surface area contributed by atoms with Crippen molar-refractivity contribution in [2.45, 2.75) is 6.92 Å². The monoisotopic (exact) mass is 327 g/mol. The number of halogens is 1. The zero-order chi connectivity index (χ0) is 14.1. The van der Waals surface area contributed by atoms with Crippen molar-refractivity contribution in [1.82, 2.24) is 4.98 Å². The van der Waals surface area contributed by atoms with Crippen molar-refractivity contribution in [2.75, 3.05) is 0 Å². The van der Waals surface area contributed by atoms with Crippen LogP contribution in [0.1, 0.15) is 16.7 Å². The van der Waals surface area contributed by atoms with Crippen molar-refractivity contribution in [3.8, 4) is 0 Å². The number of hydrogen-bond acceptors (Lipinski definition) is 0. The van der Waals surface area contributed by atoms with Crippen molar-refractivity contribution in [2.24, 2.45) is 7.05 Å². The number of fused-ring (bicyclic) bond motifs is 1. The molecule has 20 heavy (non-hydrogen) atoms. The molecule has 0 amide bonds. The van der Waals surface area contributed by atoms with Crippen LogP contribution in [0.15, 0.2) is 47.3 Å². The summed E-state index contributed by atoms with van der Waals surface area (Å²) in [4.78, 5) is 3.35. The van der Waals surface area contributed by atoms with Gasteiger partial charge in [0, 0.05) is 33.7 Å². The van der Waals surface area contributed by atoms with E-state index in [-0.39, 0.29) is 0 Å². The molecule has 0 saturated carbocycles. The molecule has 0 bridgehead atoms. The third-order valence-electron chi connectivity index (χ3n) is 3.44. The molecule has 2 heterocycles. The van der Waals surface area contributed by atoms with E-state index < -0.39 is 0 Å². The van der Waals surface area contributed by atoms with Crippen LogP contribution < -0.4 is 4.57 Å². The molecular formula is C17H16BrN2+. The first-order valence-corrected chi connectivity index (χ1v) is 7.33. The van der Waals surface area contributed by atoms with E-state index in [1.807, 2.05) is 11.6 Å². The first-order chi connectivity index (χ1) is 9.63. The molecule has 3 rings (SSSR count). The summed E-state index contributed by atoms with van der Waals surface area (Å²) in [6.45, 7) is 2.12. The van der Waals surface area contributed by atoms with E-state index in [2.05, 4.69) is 82.8 Å². The Morgan fingerprint density at radius 3 is 2.65 bits per heavy atom. The molecule has 0 radical (unpaired) electrons. The highest BCUT2D eigenvalue weighted by molar-refractivity contribution is 9.10. The lowest BCUT2D eigenvalue weighted by atomic mass is 10.1. The number of aromatic amines is 1. The number of aryl methyl sites for hydroxylation is 2. The Hall–Kier alpha value is -1.87. The lowest BCUT2D eigenvalue weighted by molar-refractivity contribution is -0.671. The predicted molar refractivity (Wildman–Crippen MR) is 87.3 cm³/mol. The second-order valence-corrected chi connectivity index (χ2v) is 5.94. The van der Waals surface area contributed by atoms with Gasteiger partial charge in [0.25, 0.3) is 0 Å². The molecule has 3 aromatic rings. The van der Waals surface area contributed by atoms with E-state index in [0.717, 1.165) is 4.47 Å². The zero-order valence-corrected chi connectivity index (χ0v) is 13.1. The molecule has 0 atom stereocenters. The van der Waals surface area contributed by atoms with Crippen molar-refractivity contribution >= 4 is 39.0 Å². The molecule has 100 valence electrons. The van der Waals surface area contributed by atoms with E-state index in [1.54, 1.807) is 0 Å². The van der Waals surface area contributed by atoms with Gasteiger partial charge in [-0.05, 0) is 35.7 Å². The van der Waals surface area contributed by atoms with Crippen LogP contribution in [0.3, 0.4) is 0 Å². The molecule has 0 aliphatic heterocycles. The van der Waals surface area contributed by atoms with Crippen molar-refractivity contribution in [3.05, 3.63) is 64.0 Å². The van der Waals surface area contributed by atoms with Gasteiger partial charge in [0.1, 0.15) is 7.05 Å². The Morgan fingerprint density at radius 1 is 1.15 bits per heavy atom. The molecule has 2 aromatic heterocycles. The minimum Gasteiger partial charge on any atom is -0.360 e. The Balaban J connectivity index is 2.00. The van der Waals surface area contributed by atoms with E-state index in [1.165, 1.54) is 27.6 Å². The normalized spacial score (nSPS) is 11.6. The van der Waals surface area contributed by atoms with Crippen LogP contribution in [-0.2, 0) is 7.05 Å². The molecule has 0 saturated heterocycles. The summed E-state index contributed by atoms with van der Waals surface area (Å²) >= 11 is 3.57. The van der Waals surface area contributed by atoms with Gasteiger partial charge in [-0.25, -0.2) is 4.57 Å². The van der Waals surface area contributed by atoms with E-state index in [9.17, 15) is 0 Å². The van der Waals surface area contributed by atoms with Crippen LogP contribution in [0, 0.1) is 6.92 Å². The zero-order valence-electron chi connectivity index (χ0n) is 11.5. The van der Waals surface area contributed by atoms with Gasteiger partial charge < -0.3 is 4.98 Å². The predicted octanol–water partition coefficient (Wildman–Crippen LogP) is 4.23. The lowest BCUT2D eigenvalue weighted by Crippen LogP contribution is -2.25. The SMILES string of the molecule is Cc1cc(Br)cc2c(/C=C/c3cc[n+](C)cc3)c[nH]c12. The van der Waals surface area contributed by atoms with E-state index in [4.69, 9.17) is 0 Å². The summed E-state index contributed by atoms with van der Waals surface area (Å²) in [6.07, 6.45) is 10.5. The minimum atomic E-state index is 1.11. The second-order valence-electron chi connectivity index (χ2n) is 5.02. The van der Waals surface area contributed by atoms with Gasteiger partial charge in [-0.2, -0.15) is 0 Å². The number of nitrogens with zero attached hydrogens (tertiary/aromatic N) is 1. The first-order valence-electron chi connectivity index (χ1n) is 6.54. The molecule has 0 fully saturated rings. The average Bonchev–Trinajstić information content (AvgIpc) is 2.81. The summed E-state index contributed by atoms with van der Waals surface area (Å²) in [6, 6.07) is 8.49. The van der Waals surface area contributed by atoms with Crippen LogP contribution in [-0.4, -0.2) is 4.98 Å². The number of aromatic nitrogens is 2. The fourth-order valence-electron chi connectivity index (χ4n) is 2.34. The van der Waals surface area contributed by atoms with Gasteiger partial charge >= 0.3 is 0 Å². The van der Waals surface area contributed by atoms with Crippen LogP contribution in [0.2, 0.25) is 0 Å². The lowest BCUT2D eigenvalue weighted by Gasteiger charge is -1.99. The molecule has 0 aliphatic rings. The second kappa shape index (κ2) is 5.25. The highest BCUT2D eigenvalue weighted by Crippen LogP contribution is 2.27. The highest BCUT2D eigenvalue weighted by Gasteiger charge is 2.05. The number of rotatable bonds is 2. The molecule has 1 aromatic carbocycles. The first kappa shape index (κ1) is 13.1. The number of pyridine rings is 1. The molecule has 0 aliphatic carbocycles. The third-order valence-corrected chi connectivity index (χ3v) is 3.90. The van der Waals surface area contributed by atoms with Gasteiger partial charge in [-0.3, -0.25) is 0 Å². The van der Waals surface area contributed by atoms with Crippen molar-refractivity contribution in [3.63, 3.8) is 0 Å². The molecular weight excluding hydrogens is 312 g/mol. The van der Waals surface area contributed by atoms with E-state index in [0.29, 0.717) is 0 Å². The number of H-pyrrole nitrogens is 1. The molecule has 0 unspecified atom stereocenters. The van der Waals surface area contributed by atoms with Crippen molar-refractivity contribution in [1.29, 1.82) is 0 Å². The van der Waals surface area contributed by atoms with Crippen LogP contribution >= 0.6 is 15.9 Å². The molecule has 1 N–H and O–H groups in total. The van der Waals surface area contributed by atoms with Gasteiger partial charge in [-0.1, -0.05) is 28.1 Å².